The largest absolute Gasteiger partial charge is 0.493 e. The zero-order valence-electron chi connectivity index (χ0n) is 19.4. The smallest absolute Gasteiger partial charge is 0.259 e. The Morgan fingerprint density at radius 1 is 1.06 bits per heavy atom. The van der Waals surface area contributed by atoms with E-state index in [0.717, 1.165) is 5.56 Å². The monoisotopic (exact) mass is 459 g/mol. The number of fused-ring (bicyclic) bond motifs is 1. The van der Waals surface area contributed by atoms with Crippen LogP contribution in [0.2, 0.25) is 0 Å². The number of methoxy groups -OCH3 is 3. The summed E-state index contributed by atoms with van der Waals surface area (Å²) < 4.78 is 23.8. The molecule has 0 bridgehead atoms. The van der Waals surface area contributed by atoms with Crippen LogP contribution in [0.15, 0.2) is 64.8 Å². The fourth-order valence-corrected chi connectivity index (χ4v) is 4.25. The van der Waals surface area contributed by atoms with Crippen molar-refractivity contribution in [2.45, 2.75) is 19.4 Å². The van der Waals surface area contributed by atoms with E-state index in [4.69, 9.17) is 24.7 Å². The first kappa shape index (κ1) is 22.8. The van der Waals surface area contributed by atoms with E-state index in [2.05, 4.69) is 6.07 Å². The molecule has 8 nitrogen and oxygen atoms in total. The van der Waals surface area contributed by atoms with Crippen LogP contribution in [0.5, 0.6) is 23.0 Å². The van der Waals surface area contributed by atoms with Gasteiger partial charge in [0.1, 0.15) is 17.4 Å². The normalized spacial score (nSPS) is 14.6. The van der Waals surface area contributed by atoms with Crippen molar-refractivity contribution in [3.63, 3.8) is 0 Å². The summed E-state index contributed by atoms with van der Waals surface area (Å²) in [6.45, 7) is 2.21. The van der Waals surface area contributed by atoms with Crippen LogP contribution in [0.4, 0.5) is 0 Å². The lowest BCUT2D eigenvalue weighted by molar-refractivity contribution is 0.323. The maximum Gasteiger partial charge on any atom is 0.259 e. The first-order chi connectivity index (χ1) is 16.4. The summed E-state index contributed by atoms with van der Waals surface area (Å²) in [4.78, 5) is 13.8. The molecular weight excluding hydrogens is 434 g/mol. The minimum atomic E-state index is -0.780. The molecule has 0 fully saturated rings. The average molecular weight is 460 g/mol. The molecule has 0 saturated carbocycles. The molecule has 8 heteroatoms. The summed E-state index contributed by atoms with van der Waals surface area (Å²) >= 11 is 0. The highest BCUT2D eigenvalue weighted by Gasteiger charge is 2.35. The molecule has 1 aliphatic rings. The van der Waals surface area contributed by atoms with Crippen molar-refractivity contribution in [3.8, 4) is 29.1 Å². The molecular formula is C26H25N3O5. The number of hydrogen-bond acceptors (Lipinski definition) is 7. The number of nitriles is 1. The molecule has 1 aliphatic heterocycles. The lowest BCUT2D eigenvalue weighted by atomic mass is 9.83. The summed E-state index contributed by atoms with van der Waals surface area (Å²) in [5.41, 5.74) is 8.60. The van der Waals surface area contributed by atoms with E-state index in [1.165, 1.54) is 21.3 Å². The van der Waals surface area contributed by atoms with Gasteiger partial charge in [0, 0.05) is 11.8 Å². The standard InChI is InChI=1S/C26H25N3O5/c1-15-10-19-23(26(30)29(15)14-16-8-6-5-7-9-16)22(18(13-27)25(28)34-19)17-11-20(31-2)24(33-4)21(12-17)32-3/h5-12,22H,14,28H2,1-4H3/t22-/m1/s1. The summed E-state index contributed by atoms with van der Waals surface area (Å²) in [6.07, 6.45) is 0. The van der Waals surface area contributed by atoms with Gasteiger partial charge in [0.15, 0.2) is 11.5 Å². The molecule has 0 aliphatic carbocycles. The molecule has 4 rings (SSSR count). The number of aromatic nitrogens is 1. The quantitative estimate of drug-likeness (QED) is 0.601. The second-order valence-electron chi connectivity index (χ2n) is 7.82. The zero-order chi connectivity index (χ0) is 24.4. The Kier molecular flexibility index (Phi) is 6.19. The molecule has 0 saturated heterocycles. The van der Waals surface area contributed by atoms with E-state index in [-0.39, 0.29) is 17.0 Å². The van der Waals surface area contributed by atoms with Gasteiger partial charge in [-0.25, -0.2) is 0 Å². The van der Waals surface area contributed by atoms with Crippen LogP contribution in [-0.4, -0.2) is 25.9 Å². The highest BCUT2D eigenvalue weighted by Crippen LogP contribution is 2.46. The lowest BCUT2D eigenvalue weighted by Gasteiger charge is -2.28. The molecule has 1 atom stereocenters. The maximum absolute atomic E-state index is 13.8. The summed E-state index contributed by atoms with van der Waals surface area (Å²) in [7, 11) is 4.52. The minimum Gasteiger partial charge on any atom is -0.493 e. The van der Waals surface area contributed by atoms with E-state index >= 15 is 0 Å². The Balaban J connectivity index is 1.97. The van der Waals surface area contributed by atoms with E-state index in [9.17, 15) is 10.1 Å². The van der Waals surface area contributed by atoms with E-state index < -0.39 is 5.92 Å². The third kappa shape index (κ3) is 3.82. The Morgan fingerprint density at radius 3 is 2.26 bits per heavy atom. The van der Waals surface area contributed by atoms with Gasteiger partial charge in [-0.05, 0) is 30.2 Å². The van der Waals surface area contributed by atoms with Gasteiger partial charge in [-0.15, -0.1) is 0 Å². The van der Waals surface area contributed by atoms with E-state index in [0.29, 0.717) is 46.4 Å². The molecule has 1 aromatic heterocycles. The third-order valence-corrected chi connectivity index (χ3v) is 5.89. The van der Waals surface area contributed by atoms with Crippen LogP contribution < -0.4 is 30.2 Å². The van der Waals surface area contributed by atoms with Gasteiger partial charge in [0.05, 0.1) is 39.4 Å². The number of pyridine rings is 1. The van der Waals surface area contributed by atoms with E-state index in [1.54, 1.807) is 22.8 Å². The predicted octanol–water partition coefficient (Wildman–Crippen LogP) is 3.45. The molecule has 0 radical (unpaired) electrons. The molecule has 2 N–H and O–H groups in total. The summed E-state index contributed by atoms with van der Waals surface area (Å²) in [6, 6.07) is 17.0. The number of hydrogen-bond donors (Lipinski definition) is 1. The van der Waals surface area contributed by atoms with Crippen LogP contribution in [0.25, 0.3) is 0 Å². The fourth-order valence-electron chi connectivity index (χ4n) is 4.25. The second kappa shape index (κ2) is 9.24. The van der Waals surface area contributed by atoms with Crippen molar-refractivity contribution < 1.29 is 18.9 Å². The van der Waals surface area contributed by atoms with Crippen molar-refractivity contribution in [3.05, 3.63) is 92.7 Å². The zero-order valence-corrected chi connectivity index (χ0v) is 19.4. The minimum absolute atomic E-state index is 0.0478. The number of aryl methyl sites for hydroxylation is 1. The Bertz CT molecular complexity index is 1340. The van der Waals surface area contributed by atoms with Gasteiger partial charge < -0.3 is 29.2 Å². The SMILES string of the molecule is COc1cc([C@@H]2C(C#N)=C(N)Oc3cc(C)n(Cc4ccccc4)c(=O)c32)cc(OC)c1OC. The Morgan fingerprint density at radius 2 is 1.71 bits per heavy atom. The molecule has 174 valence electrons. The fraction of sp³-hybridized carbons (Fsp3) is 0.231. The number of allylic oxidation sites excluding steroid dienone is 1. The number of ether oxygens (including phenoxy) is 4. The van der Waals surface area contributed by atoms with Gasteiger partial charge in [0.25, 0.3) is 5.56 Å². The predicted molar refractivity (Wildman–Crippen MR) is 126 cm³/mol. The Hall–Kier alpha value is -4.38. The number of benzene rings is 2. The van der Waals surface area contributed by atoms with Crippen LogP contribution in [0, 0.1) is 18.3 Å². The lowest BCUT2D eigenvalue weighted by Crippen LogP contribution is -2.33. The third-order valence-electron chi connectivity index (χ3n) is 5.89. The van der Waals surface area contributed by atoms with Crippen molar-refractivity contribution in [2.75, 3.05) is 21.3 Å². The van der Waals surface area contributed by atoms with Gasteiger partial charge in [0.2, 0.25) is 11.6 Å². The summed E-state index contributed by atoms with van der Waals surface area (Å²) in [5.74, 6) is 0.699. The van der Waals surface area contributed by atoms with Crippen molar-refractivity contribution >= 4 is 0 Å². The van der Waals surface area contributed by atoms with Crippen molar-refractivity contribution in [1.29, 1.82) is 5.26 Å². The van der Waals surface area contributed by atoms with Crippen molar-refractivity contribution in [1.82, 2.24) is 4.57 Å². The summed E-state index contributed by atoms with van der Waals surface area (Å²) in [5, 5.41) is 9.96. The molecule has 2 heterocycles. The van der Waals surface area contributed by atoms with E-state index in [1.807, 2.05) is 37.3 Å². The molecule has 34 heavy (non-hydrogen) atoms. The molecule has 2 aromatic carbocycles. The number of nitrogens with zero attached hydrogens (tertiary/aromatic N) is 2. The highest BCUT2D eigenvalue weighted by molar-refractivity contribution is 5.61. The molecule has 0 unspecified atom stereocenters. The first-order valence-corrected chi connectivity index (χ1v) is 10.6. The first-order valence-electron chi connectivity index (χ1n) is 10.6. The Labute approximate surface area is 197 Å². The van der Waals surface area contributed by atoms with Crippen LogP contribution in [-0.2, 0) is 6.54 Å². The van der Waals surface area contributed by atoms with Crippen molar-refractivity contribution in [2.24, 2.45) is 5.73 Å². The molecule has 0 spiro atoms. The topological polar surface area (TPSA) is 109 Å². The van der Waals surface area contributed by atoms with Gasteiger partial charge in [-0.2, -0.15) is 5.26 Å². The number of nitrogens with two attached hydrogens (primary N) is 1. The van der Waals surface area contributed by atoms with Crippen LogP contribution in [0.3, 0.4) is 0 Å². The highest BCUT2D eigenvalue weighted by atomic mass is 16.5. The van der Waals surface area contributed by atoms with Crippen LogP contribution >= 0.6 is 0 Å². The van der Waals surface area contributed by atoms with Gasteiger partial charge in [-0.1, -0.05) is 30.3 Å². The van der Waals surface area contributed by atoms with Gasteiger partial charge in [-0.3, -0.25) is 4.79 Å². The van der Waals surface area contributed by atoms with Gasteiger partial charge >= 0.3 is 0 Å². The second-order valence-corrected chi connectivity index (χ2v) is 7.82. The average Bonchev–Trinajstić information content (AvgIpc) is 2.85. The number of rotatable bonds is 6. The molecule has 0 amide bonds. The van der Waals surface area contributed by atoms with Crippen LogP contribution in [0.1, 0.15) is 28.3 Å². The molecule has 3 aromatic rings. The maximum atomic E-state index is 13.8.